The molecule has 0 saturated carbocycles. The number of likely N-dealkylation sites (tertiary alicyclic amines) is 1. The molecule has 2 heteroatoms. The van der Waals surface area contributed by atoms with E-state index in [0.29, 0.717) is 6.04 Å². The van der Waals surface area contributed by atoms with E-state index in [1.165, 1.54) is 18.5 Å². The molecule has 0 bridgehead atoms. The van der Waals surface area contributed by atoms with Crippen molar-refractivity contribution in [2.24, 2.45) is 17.6 Å². The first-order valence-corrected chi connectivity index (χ1v) is 8.53. The Morgan fingerprint density at radius 3 is 2.43 bits per heavy atom. The summed E-state index contributed by atoms with van der Waals surface area (Å²) in [7, 11) is 0. The Balaban J connectivity index is 2.27. The molecule has 4 atom stereocenters. The van der Waals surface area contributed by atoms with Gasteiger partial charge in [0.15, 0.2) is 0 Å². The van der Waals surface area contributed by atoms with E-state index < -0.39 is 0 Å². The number of hydrogen-bond donors (Lipinski definition) is 1. The summed E-state index contributed by atoms with van der Waals surface area (Å²) in [6.45, 7) is 11.4. The van der Waals surface area contributed by atoms with Gasteiger partial charge in [0.25, 0.3) is 0 Å². The second-order valence-electron chi connectivity index (χ2n) is 7.16. The van der Waals surface area contributed by atoms with Crippen LogP contribution in [-0.2, 0) is 6.42 Å². The van der Waals surface area contributed by atoms with Crippen molar-refractivity contribution < 1.29 is 0 Å². The van der Waals surface area contributed by atoms with Gasteiger partial charge in [0.05, 0.1) is 0 Å². The quantitative estimate of drug-likeness (QED) is 0.895. The number of benzene rings is 1. The number of piperidine rings is 1. The molecule has 0 aliphatic carbocycles. The van der Waals surface area contributed by atoms with Crippen LogP contribution in [0.2, 0.25) is 0 Å². The van der Waals surface area contributed by atoms with Crippen molar-refractivity contribution in [2.45, 2.75) is 58.5 Å². The van der Waals surface area contributed by atoms with Crippen LogP contribution in [0.4, 0.5) is 0 Å². The molecule has 1 aliphatic rings. The third kappa shape index (κ3) is 3.49. The van der Waals surface area contributed by atoms with Gasteiger partial charge < -0.3 is 5.73 Å². The number of nitrogens with zero attached hydrogens (tertiary/aromatic N) is 1. The Labute approximate surface area is 130 Å². The third-order valence-electron chi connectivity index (χ3n) is 5.62. The van der Waals surface area contributed by atoms with Crippen LogP contribution < -0.4 is 5.73 Å². The average Bonchev–Trinajstić information content (AvgIpc) is 2.50. The van der Waals surface area contributed by atoms with Crippen molar-refractivity contribution in [1.82, 2.24) is 4.90 Å². The van der Waals surface area contributed by atoms with Crippen LogP contribution in [0.5, 0.6) is 0 Å². The highest BCUT2D eigenvalue weighted by molar-refractivity contribution is 5.19. The average molecular weight is 288 g/mol. The molecule has 0 spiro atoms. The molecule has 2 N–H and O–H groups in total. The molecule has 2 nitrogen and oxygen atoms in total. The minimum Gasteiger partial charge on any atom is -0.329 e. The first-order valence-electron chi connectivity index (χ1n) is 8.53. The molecule has 21 heavy (non-hydrogen) atoms. The van der Waals surface area contributed by atoms with E-state index in [1.54, 1.807) is 0 Å². The molecule has 0 aromatic heterocycles. The summed E-state index contributed by atoms with van der Waals surface area (Å²) in [6.07, 6.45) is 3.51. The molecule has 2 rings (SSSR count). The van der Waals surface area contributed by atoms with E-state index in [4.69, 9.17) is 5.73 Å². The predicted octanol–water partition coefficient (Wildman–Crippen LogP) is 3.70. The van der Waals surface area contributed by atoms with Crippen LogP contribution in [0.25, 0.3) is 0 Å². The minimum atomic E-state index is 0.101. The summed E-state index contributed by atoms with van der Waals surface area (Å²) < 4.78 is 0. The lowest BCUT2D eigenvalue weighted by molar-refractivity contribution is -0.0185. The van der Waals surface area contributed by atoms with Crippen molar-refractivity contribution >= 4 is 0 Å². The highest BCUT2D eigenvalue weighted by Crippen LogP contribution is 2.35. The summed E-state index contributed by atoms with van der Waals surface area (Å²) >= 11 is 0. The van der Waals surface area contributed by atoms with Crippen molar-refractivity contribution in [3.63, 3.8) is 0 Å². The van der Waals surface area contributed by atoms with Gasteiger partial charge in [-0.1, -0.05) is 51.1 Å². The first kappa shape index (κ1) is 16.5. The fourth-order valence-electron chi connectivity index (χ4n) is 4.08. The lowest BCUT2D eigenvalue weighted by atomic mass is 9.78. The van der Waals surface area contributed by atoms with Crippen molar-refractivity contribution in [1.29, 1.82) is 0 Å². The fraction of sp³-hybridized carbons (Fsp3) is 0.684. The Kier molecular flexibility index (Phi) is 5.45. The molecule has 0 radical (unpaired) electrons. The molecule has 1 saturated heterocycles. The molecular formula is C19H32N2. The van der Waals surface area contributed by atoms with E-state index in [0.717, 1.165) is 31.2 Å². The lowest BCUT2D eigenvalue weighted by Crippen LogP contribution is -2.62. The van der Waals surface area contributed by atoms with Crippen molar-refractivity contribution in [2.75, 3.05) is 13.1 Å². The van der Waals surface area contributed by atoms with Crippen LogP contribution in [0.15, 0.2) is 30.3 Å². The summed E-state index contributed by atoms with van der Waals surface area (Å²) in [6, 6.07) is 11.5. The fourth-order valence-corrected chi connectivity index (χ4v) is 4.08. The van der Waals surface area contributed by atoms with Gasteiger partial charge in [-0.3, -0.25) is 4.90 Å². The largest absolute Gasteiger partial charge is 0.329 e. The van der Waals surface area contributed by atoms with Gasteiger partial charge in [0.2, 0.25) is 0 Å². The number of rotatable bonds is 5. The maximum atomic E-state index is 6.31. The zero-order chi connectivity index (χ0) is 15.5. The monoisotopic (exact) mass is 288 g/mol. The Morgan fingerprint density at radius 2 is 1.86 bits per heavy atom. The smallest absolute Gasteiger partial charge is 0.0372 e. The Morgan fingerprint density at radius 1 is 1.19 bits per heavy atom. The van der Waals surface area contributed by atoms with E-state index in [2.05, 4.69) is 62.9 Å². The summed E-state index contributed by atoms with van der Waals surface area (Å²) in [5.74, 6) is 1.52. The van der Waals surface area contributed by atoms with Crippen LogP contribution in [0, 0.1) is 11.8 Å². The topological polar surface area (TPSA) is 29.3 Å². The second-order valence-corrected chi connectivity index (χ2v) is 7.16. The SMILES string of the molecule is CCC(CN)(Cc1ccccc1)N1CC(C)CC(C)C1C. The molecule has 4 unspecified atom stereocenters. The molecule has 1 aromatic carbocycles. The van der Waals surface area contributed by atoms with Gasteiger partial charge in [-0.25, -0.2) is 0 Å². The maximum absolute atomic E-state index is 6.31. The molecule has 0 amide bonds. The summed E-state index contributed by atoms with van der Waals surface area (Å²) in [4.78, 5) is 2.72. The first-order chi connectivity index (χ1) is 10.0. The van der Waals surface area contributed by atoms with Gasteiger partial charge in [0.1, 0.15) is 0 Å². The number of nitrogens with two attached hydrogens (primary N) is 1. The summed E-state index contributed by atoms with van der Waals surface area (Å²) in [5.41, 5.74) is 7.81. The van der Waals surface area contributed by atoms with E-state index in [-0.39, 0.29) is 5.54 Å². The predicted molar refractivity (Wildman–Crippen MR) is 91.3 cm³/mol. The van der Waals surface area contributed by atoms with Gasteiger partial charge >= 0.3 is 0 Å². The number of hydrogen-bond acceptors (Lipinski definition) is 2. The normalized spacial score (nSPS) is 30.0. The van der Waals surface area contributed by atoms with E-state index >= 15 is 0 Å². The molecular weight excluding hydrogens is 256 g/mol. The molecule has 1 heterocycles. The highest BCUT2D eigenvalue weighted by atomic mass is 15.2. The van der Waals surface area contributed by atoms with E-state index in [9.17, 15) is 0 Å². The Bertz CT molecular complexity index is 424. The summed E-state index contributed by atoms with van der Waals surface area (Å²) in [5, 5.41) is 0. The maximum Gasteiger partial charge on any atom is 0.0372 e. The third-order valence-corrected chi connectivity index (χ3v) is 5.62. The lowest BCUT2D eigenvalue weighted by Gasteiger charge is -2.52. The standard InChI is InChI=1S/C19H32N2/c1-5-19(14-20,12-18-9-7-6-8-10-18)21-13-15(2)11-16(3)17(21)4/h6-10,15-17H,5,11-14,20H2,1-4H3. The zero-order valence-corrected chi connectivity index (χ0v) is 14.2. The van der Waals surface area contributed by atoms with Gasteiger partial charge in [-0.05, 0) is 43.6 Å². The molecule has 1 aromatic rings. The van der Waals surface area contributed by atoms with Crippen molar-refractivity contribution in [3.05, 3.63) is 35.9 Å². The molecule has 1 aliphatic heterocycles. The highest BCUT2D eigenvalue weighted by Gasteiger charge is 2.41. The van der Waals surface area contributed by atoms with Gasteiger partial charge in [-0.2, -0.15) is 0 Å². The van der Waals surface area contributed by atoms with Gasteiger partial charge in [-0.15, -0.1) is 0 Å². The van der Waals surface area contributed by atoms with E-state index in [1.807, 2.05) is 0 Å². The minimum absolute atomic E-state index is 0.101. The molecule has 1 fully saturated rings. The van der Waals surface area contributed by atoms with Crippen LogP contribution in [-0.4, -0.2) is 29.6 Å². The van der Waals surface area contributed by atoms with Crippen molar-refractivity contribution in [3.8, 4) is 0 Å². The van der Waals surface area contributed by atoms with Crippen LogP contribution >= 0.6 is 0 Å². The molecule has 118 valence electrons. The van der Waals surface area contributed by atoms with Gasteiger partial charge in [0, 0.05) is 24.7 Å². The Hall–Kier alpha value is -0.860. The van der Waals surface area contributed by atoms with Crippen LogP contribution in [0.1, 0.15) is 46.1 Å². The zero-order valence-electron chi connectivity index (χ0n) is 14.2. The second kappa shape index (κ2) is 6.93. The van der Waals surface area contributed by atoms with Crippen LogP contribution in [0.3, 0.4) is 0 Å².